The third kappa shape index (κ3) is 3.76. The molecule has 2 aromatic heterocycles. The number of rotatable bonds is 6. The molecule has 0 saturated carbocycles. The van der Waals surface area contributed by atoms with Gasteiger partial charge >= 0.3 is 0 Å². The minimum absolute atomic E-state index is 0.160. The molecule has 0 amide bonds. The summed E-state index contributed by atoms with van der Waals surface area (Å²) in [5, 5.41) is 7.41. The zero-order chi connectivity index (χ0) is 18.8. The van der Waals surface area contributed by atoms with E-state index >= 15 is 0 Å². The molecule has 0 aliphatic carbocycles. The highest BCUT2D eigenvalue weighted by Gasteiger charge is 2.35. The van der Waals surface area contributed by atoms with E-state index in [-0.39, 0.29) is 6.10 Å². The molecule has 0 bridgehead atoms. The molecule has 146 valence electrons. The third-order valence-corrected chi connectivity index (χ3v) is 5.25. The lowest BCUT2D eigenvalue weighted by Gasteiger charge is -2.23. The van der Waals surface area contributed by atoms with Gasteiger partial charge in [-0.15, -0.1) is 0 Å². The number of methoxy groups -OCH3 is 1. The van der Waals surface area contributed by atoms with E-state index in [0.29, 0.717) is 31.7 Å². The van der Waals surface area contributed by atoms with Gasteiger partial charge < -0.3 is 29.1 Å². The molecule has 2 aliphatic rings. The molecule has 0 radical (unpaired) electrons. The predicted octanol–water partition coefficient (Wildman–Crippen LogP) is 0.915. The van der Waals surface area contributed by atoms with Gasteiger partial charge in [-0.2, -0.15) is 4.98 Å². The maximum Gasteiger partial charge on any atom is 0.224 e. The molecule has 2 atom stereocenters. The number of fused-ring (bicyclic) bond motifs is 1. The third-order valence-electron chi connectivity index (χ3n) is 5.25. The molecule has 9 nitrogen and oxygen atoms in total. The summed E-state index contributed by atoms with van der Waals surface area (Å²) in [5.74, 6) is 2.39. The molecule has 0 aromatic carbocycles. The number of nitrogens with one attached hydrogen (secondary N) is 1. The first-order valence-corrected chi connectivity index (χ1v) is 9.21. The van der Waals surface area contributed by atoms with Crippen LogP contribution in [0, 0.1) is 0 Å². The quantitative estimate of drug-likeness (QED) is 0.792. The molecular formula is C18H26N6O3. The van der Waals surface area contributed by atoms with Gasteiger partial charge in [0.25, 0.3) is 0 Å². The maximum absolute atomic E-state index is 5.64. The summed E-state index contributed by atoms with van der Waals surface area (Å²) >= 11 is 0. The average Bonchev–Trinajstić information content (AvgIpc) is 3.31. The van der Waals surface area contributed by atoms with Crippen LogP contribution in [0.1, 0.15) is 17.0 Å². The molecule has 2 aliphatic heterocycles. The Hall–Kier alpha value is -2.23. The van der Waals surface area contributed by atoms with Crippen molar-refractivity contribution in [3.05, 3.63) is 29.3 Å². The van der Waals surface area contributed by atoms with Crippen molar-refractivity contribution in [3.63, 3.8) is 0 Å². The minimum Gasteiger partial charge on any atom is -0.378 e. The first-order valence-electron chi connectivity index (χ1n) is 9.21. The van der Waals surface area contributed by atoms with Crippen LogP contribution in [0.3, 0.4) is 0 Å². The fraction of sp³-hybridized carbons (Fsp3) is 0.611. The van der Waals surface area contributed by atoms with Gasteiger partial charge in [-0.3, -0.25) is 0 Å². The number of likely N-dealkylation sites (N-methyl/N-ethyl adjacent to an activating group) is 1. The van der Waals surface area contributed by atoms with Crippen molar-refractivity contribution < 1.29 is 14.0 Å². The van der Waals surface area contributed by atoms with Crippen molar-refractivity contribution in [1.82, 2.24) is 20.0 Å². The summed E-state index contributed by atoms with van der Waals surface area (Å²) in [6.07, 6.45) is 2.71. The molecular weight excluding hydrogens is 348 g/mol. The molecule has 1 N–H and O–H groups in total. The van der Waals surface area contributed by atoms with Crippen molar-refractivity contribution in [2.75, 3.05) is 51.1 Å². The topological polar surface area (TPSA) is 88.8 Å². The fourth-order valence-corrected chi connectivity index (χ4v) is 3.66. The Morgan fingerprint density at radius 2 is 2.26 bits per heavy atom. The smallest absolute Gasteiger partial charge is 0.224 e. The second kappa shape index (κ2) is 7.79. The molecule has 0 spiro atoms. The number of hydrogen-bond acceptors (Lipinski definition) is 9. The Morgan fingerprint density at radius 1 is 1.37 bits per heavy atom. The van der Waals surface area contributed by atoms with Gasteiger partial charge in [0.1, 0.15) is 17.3 Å². The first kappa shape index (κ1) is 18.1. The number of aromatic nitrogens is 3. The van der Waals surface area contributed by atoms with Gasteiger partial charge in [-0.05, 0) is 20.2 Å². The predicted molar refractivity (Wildman–Crippen MR) is 99.7 cm³/mol. The van der Waals surface area contributed by atoms with Crippen LogP contribution in [0.15, 0.2) is 16.8 Å². The van der Waals surface area contributed by atoms with Crippen LogP contribution < -0.4 is 10.2 Å². The first-order chi connectivity index (χ1) is 13.2. The Labute approximate surface area is 158 Å². The lowest BCUT2D eigenvalue weighted by Crippen LogP contribution is -2.39. The van der Waals surface area contributed by atoms with Gasteiger partial charge in [-0.25, -0.2) is 4.98 Å². The summed E-state index contributed by atoms with van der Waals surface area (Å²) < 4.78 is 16.5. The summed E-state index contributed by atoms with van der Waals surface area (Å²) in [4.78, 5) is 13.4. The summed E-state index contributed by atoms with van der Waals surface area (Å²) in [6.45, 7) is 3.42. The van der Waals surface area contributed by atoms with Crippen LogP contribution in [0.2, 0.25) is 0 Å². The highest BCUT2D eigenvalue weighted by atomic mass is 16.5. The molecule has 9 heteroatoms. The van der Waals surface area contributed by atoms with E-state index in [4.69, 9.17) is 14.0 Å². The molecule has 27 heavy (non-hydrogen) atoms. The van der Waals surface area contributed by atoms with Gasteiger partial charge in [0.15, 0.2) is 0 Å². The standard InChI is InChI=1S/C18H26N6O3/c1-23(2)14-9-24(10-16(14)25-3)17-4-6-19-18(21-17)20-8-13-12-11-26-7-5-15(12)27-22-13/h4,6,14,16H,5,7-11H2,1-3H3,(H,19,20,21)/t14-,16+/m0/s1. The van der Waals surface area contributed by atoms with Crippen LogP contribution in [0.5, 0.6) is 0 Å². The Morgan fingerprint density at radius 3 is 3.04 bits per heavy atom. The van der Waals surface area contributed by atoms with Crippen molar-refractivity contribution >= 4 is 11.8 Å². The van der Waals surface area contributed by atoms with Gasteiger partial charge in [0, 0.05) is 38.4 Å². The molecule has 4 heterocycles. The normalized spacial score (nSPS) is 22.3. The van der Waals surface area contributed by atoms with Crippen molar-refractivity contribution in [1.29, 1.82) is 0 Å². The monoisotopic (exact) mass is 374 g/mol. The van der Waals surface area contributed by atoms with E-state index in [1.165, 1.54) is 0 Å². The fourth-order valence-electron chi connectivity index (χ4n) is 3.66. The largest absolute Gasteiger partial charge is 0.378 e. The summed E-state index contributed by atoms with van der Waals surface area (Å²) in [7, 11) is 5.92. The Kier molecular flexibility index (Phi) is 5.24. The van der Waals surface area contributed by atoms with E-state index in [2.05, 4.69) is 44.3 Å². The lowest BCUT2D eigenvalue weighted by molar-refractivity contribution is 0.0639. The van der Waals surface area contributed by atoms with Crippen LogP contribution in [-0.4, -0.2) is 73.1 Å². The lowest BCUT2D eigenvalue weighted by atomic mass is 10.1. The number of nitrogens with zero attached hydrogens (tertiary/aromatic N) is 5. The van der Waals surface area contributed by atoms with E-state index in [1.54, 1.807) is 13.3 Å². The van der Waals surface area contributed by atoms with Gasteiger partial charge in [0.2, 0.25) is 5.95 Å². The van der Waals surface area contributed by atoms with E-state index in [1.807, 2.05) is 6.07 Å². The second-order valence-electron chi connectivity index (χ2n) is 7.14. The van der Waals surface area contributed by atoms with Crippen molar-refractivity contribution in [3.8, 4) is 0 Å². The number of anilines is 2. The van der Waals surface area contributed by atoms with Crippen molar-refractivity contribution in [2.45, 2.75) is 31.7 Å². The zero-order valence-corrected chi connectivity index (χ0v) is 16.0. The molecule has 2 aromatic rings. The Balaban J connectivity index is 1.43. The van der Waals surface area contributed by atoms with E-state index in [0.717, 1.165) is 42.3 Å². The second-order valence-corrected chi connectivity index (χ2v) is 7.14. The summed E-state index contributed by atoms with van der Waals surface area (Å²) in [5.41, 5.74) is 1.90. The van der Waals surface area contributed by atoms with E-state index in [9.17, 15) is 0 Å². The number of hydrogen-bond donors (Lipinski definition) is 1. The van der Waals surface area contributed by atoms with Gasteiger partial charge in [0.05, 0.1) is 31.9 Å². The molecule has 0 unspecified atom stereocenters. The maximum atomic E-state index is 5.64. The number of ether oxygens (including phenoxy) is 2. The van der Waals surface area contributed by atoms with Gasteiger partial charge in [-0.1, -0.05) is 5.16 Å². The Bertz CT molecular complexity index is 780. The summed E-state index contributed by atoms with van der Waals surface area (Å²) in [6, 6.07) is 2.27. The van der Waals surface area contributed by atoms with Crippen LogP contribution in [0.4, 0.5) is 11.8 Å². The van der Waals surface area contributed by atoms with Crippen LogP contribution >= 0.6 is 0 Å². The van der Waals surface area contributed by atoms with Crippen molar-refractivity contribution in [2.24, 2.45) is 0 Å². The average molecular weight is 374 g/mol. The molecule has 1 fully saturated rings. The SMILES string of the molecule is CO[C@@H]1CN(c2ccnc(NCc3noc4c3COCC4)n2)C[C@@H]1N(C)C. The molecule has 1 saturated heterocycles. The molecule has 4 rings (SSSR count). The minimum atomic E-state index is 0.160. The highest BCUT2D eigenvalue weighted by molar-refractivity contribution is 5.44. The van der Waals surface area contributed by atoms with E-state index < -0.39 is 0 Å². The zero-order valence-electron chi connectivity index (χ0n) is 16.0. The van der Waals surface area contributed by atoms with Crippen LogP contribution in [-0.2, 0) is 29.0 Å². The highest BCUT2D eigenvalue weighted by Crippen LogP contribution is 2.24. The van der Waals surface area contributed by atoms with Crippen LogP contribution in [0.25, 0.3) is 0 Å².